The Morgan fingerprint density at radius 3 is 2.18 bits per heavy atom. The van der Waals surface area contributed by atoms with E-state index in [9.17, 15) is 9.59 Å². The minimum absolute atomic E-state index is 0.570. The lowest BCUT2D eigenvalue weighted by Gasteiger charge is -2.23. The van der Waals surface area contributed by atoms with Crippen LogP contribution >= 0.6 is 0 Å². The number of benzene rings is 3. The Morgan fingerprint density at radius 1 is 0.893 bits per heavy atom. The average Bonchev–Trinajstić information content (AvgIpc) is 2.71. The summed E-state index contributed by atoms with van der Waals surface area (Å²) in [4.78, 5) is 27.4. The van der Waals surface area contributed by atoms with Gasteiger partial charge in [0.15, 0.2) is 0 Å². The van der Waals surface area contributed by atoms with Crippen LogP contribution in [0.25, 0.3) is 0 Å². The molecule has 0 saturated carbocycles. The van der Waals surface area contributed by atoms with E-state index in [1.165, 1.54) is 4.90 Å². The van der Waals surface area contributed by atoms with Crippen molar-refractivity contribution in [3.05, 3.63) is 83.9 Å². The number of hydrogen-bond acceptors (Lipinski definition) is 3. The Balaban J connectivity index is 1.96. The molecule has 3 N–H and O–H groups in total. The van der Waals surface area contributed by atoms with Gasteiger partial charge >= 0.3 is 11.8 Å². The first-order valence-electron chi connectivity index (χ1n) is 9.15. The number of para-hydroxylation sites is 2. The zero-order valence-corrected chi connectivity index (χ0v) is 16.0. The molecule has 5 nitrogen and oxygen atoms in total. The molecule has 2 amide bonds. The number of anilines is 4. The number of nitrogens with zero attached hydrogens (tertiary/aromatic N) is 1. The first kappa shape index (κ1) is 19.2. The van der Waals surface area contributed by atoms with Crippen LogP contribution in [0.3, 0.4) is 0 Å². The maximum absolute atomic E-state index is 13.1. The van der Waals surface area contributed by atoms with Crippen molar-refractivity contribution >= 4 is 34.6 Å². The molecule has 5 heteroatoms. The fraction of sp³-hybridized carbons (Fsp3) is 0.130. The molecular formula is C23H23N3O2. The molecule has 0 aliphatic rings. The van der Waals surface area contributed by atoms with E-state index in [0.717, 1.165) is 17.5 Å². The van der Waals surface area contributed by atoms with Crippen LogP contribution in [0.4, 0.5) is 22.7 Å². The van der Waals surface area contributed by atoms with Crippen molar-refractivity contribution in [3.63, 3.8) is 0 Å². The molecular weight excluding hydrogens is 350 g/mol. The van der Waals surface area contributed by atoms with Crippen molar-refractivity contribution in [1.82, 2.24) is 0 Å². The molecule has 0 atom stereocenters. The summed E-state index contributed by atoms with van der Waals surface area (Å²) in [5, 5.41) is 2.81. The Morgan fingerprint density at radius 2 is 1.54 bits per heavy atom. The van der Waals surface area contributed by atoms with Gasteiger partial charge in [0.1, 0.15) is 0 Å². The van der Waals surface area contributed by atoms with Crippen molar-refractivity contribution < 1.29 is 9.59 Å². The van der Waals surface area contributed by atoms with Gasteiger partial charge in [0, 0.05) is 22.7 Å². The molecule has 0 unspecified atom stereocenters. The van der Waals surface area contributed by atoms with Crippen molar-refractivity contribution in [2.75, 3.05) is 16.0 Å². The van der Waals surface area contributed by atoms with Crippen LogP contribution in [0, 0.1) is 6.92 Å². The molecule has 0 spiro atoms. The Kier molecular flexibility index (Phi) is 5.75. The van der Waals surface area contributed by atoms with Crippen LogP contribution in [0.1, 0.15) is 18.1 Å². The highest BCUT2D eigenvalue weighted by Gasteiger charge is 2.26. The van der Waals surface area contributed by atoms with Crippen molar-refractivity contribution in [1.29, 1.82) is 0 Å². The topological polar surface area (TPSA) is 75.4 Å². The van der Waals surface area contributed by atoms with E-state index in [4.69, 9.17) is 5.73 Å². The molecule has 0 fully saturated rings. The predicted molar refractivity (Wildman–Crippen MR) is 114 cm³/mol. The first-order chi connectivity index (χ1) is 13.5. The van der Waals surface area contributed by atoms with Crippen molar-refractivity contribution in [2.24, 2.45) is 0 Å². The second kappa shape index (κ2) is 8.39. The van der Waals surface area contributed by atoms with Gasteiger partial charge in [-0.15, -0.1) is 0 Å². The maximum Gasteiger partial charge on any atom is 0.321 e. The minimum atomic E-state index is -0.690. The third-order valence-electron chi connectivity index (χ3n) is 4.54. The van der Waals surface area contributed by atoms with E-state index in [2.05, 4.69) is 5.32 Å². The Labute approximate surface area is 164 Å². The fourth-order valence-electron chi connectivity index (χ4n) is 3.05. The third kappa shape index (κ3) is 4.04. The third-order valence-corrected chi connectivity index (χ3v) is 4.54. The van der Waals surface area contributed by atoms with E-state index >= 15 is 0 Å². The van der Waals surface area contributed by atoms with Crippen LogP contribution < -0.4 is 16.0 Å². The molecule has 28 heavy (non-hydrogen) atoms. The molecule has 0 bridgehead atoms. The minimum Gasteiger partial charge on any atom is -0.399 e. The highest BCUT2D eigenvalue weighted by Crippen LogP contribution is 2.27. The summed E-state index contributed by atoms with van der Waals surface area (Å²) < 4.78 is 0. The van der Waals surface area contributed by atoms with Crippen LogP contribution in [-0.2, 0) is 16.0 Å². The van der Waals surface area contributed by atoms with Gasteiger partial charge in [0.2, 0.25) is 0 Å². The van der Waals surface area contributed by atoms with Crippen LogP contribution in [0.5, 0.6) is 0 Å². The van der Waals surface area contributed by atoms with E-state index in [-0.39, 0.29) is 0 Å². The monoisotopic (exact) mass is 373 g/mol. The average molecular weight is 373 g/mol. The number of rotatable bonds is 4. The SMILES string of the molecule is CCc1cccc(C)c1NC(=O)C(=O)N(c1ccccc1)c1ccc(N)cc1. The maximum atomic E-state index is 13.1. The van der Waals surface area contributed by atoms with E-state index in [1.807, 2.05) is 50.2 Å². The molecule has 142 valence electrons. The normalized spacial score (nSPS) is 10.4. The molecule has 0 aliphatic carbocycles. The van der Waals surface area contributed by atoms with Crippen molar-refractivity contribution in [2.45, 2.75) is 20.3 Å². The second-order valence-corrected chi connectivity index (χ2v) is 6.48. The summed E-state index contributed by atoms with van der Waals surface area (Å²) in [6, 6.07) is 21.7. The molecule has 3 aromatic carbocycles. The van der Waals surface area contributed by atoms with Gasteiger partial charge in [-0.2, -0.15) is 0 Å². The number of nitrogens with two attached hydrogens (primary N) is 1. The number of carbonyl (C=O) groups is 2. The van der Waals surface area contributed by atoms with Crippen LogP contribution in [0.15, 0.2) is 72.8 Å². The summed E-state index contributed by atoms with van der Waals surface area (Å²) in [5.74, 6) is -1.36. The summed E-state index contributed by atoms with van der Waals surface area (Å²) in [6.45, 7) is 3.92. The lowest BCUT2D eigenvalue weighted by molar-refractivity contribution is -0.134. The predicted octanol–water partition coefficient (Wildman–Crippen LogP) is 4.44. The zero-order chi connectivity index (χ0) is 20.1. The Hall–Kier alpha value is -3.60. The summed E-state index contributed by atoms with van der Waals surface area (Å²) in [7, 11) is 0. The van der Waals surface area contributed by atoms with Crippen molar-refractivity contribution in [3.8, 4) is 0 Å². The molecule has 3 rings (SSSR count). The molecule has 3 aromatic rings. The largest absolute Gasteiger partial charge is 0.399 e. The highest BCUT2D eigenvalue weighted by atomic mass is 16.2. The number of carbonyl (C=O) groups excluding carboxylic acids is 2. The lowest BCUT2D eigenvalue weighted by atomic mass is 10.1. The number of nitrogen functional groups attached to an aromatic ring is 1. The molecule has 0 heterocycles. The summed E-state index contributed by atoms with van der Waals surface area (Å²) >= 11 is 0. The summed E-state index contributed by atoms with van der Waals surface area (Å²) in [6.07, 6.45) is 0.756. The lowest BCUT2D eigenvalue weighted by Crippen LogP contribution is -2.37. The summed E-state index contributed by atoms with van der Waals surface area (Å²) in [5.41, 5.74) is 10.1. The fourth-order valence-corrected chi connectivity index (χ4v) is 3.05. The van der Waals surface area contributed by atoms with Gasteiger partial charge < -0.3 is 11.1 Å². The standard InChI is InChI=1S/C23H23N3O2/c1-3-17-9-7-8-16(2)21(17)25-22(27)23(28)26(19-10-5-4-6-11-19)20-14-12-18(24)13-15-20/h4-15H,3,24H2,1-2H3,(H,25,27). The molecule has 0 radical (unpaired) electrons. The molecule has 0 aromatic heterocycles. The van der Waals surface area contributed by atoms with Gasteiger partial charge in [-0.05, 0) is 60.9 Å². The van der Waals surface area contributed by atoms with Gasteiger partial charge in [0.25, 0.3) is 0 Å². The second-order valence-electron chi connectivity index (χ2n) is 6.48. The number of amides is 2. The Bertz CT molecular complexity index is 982. The van der Waals surface area contributed by atoms with Crippen LogP contribution in [0.2, 0.25) is 0 Å². The van der Waals surface area contributed by atoms with E-state index in [0.29, 0.717) is 22.7 Å². The highest BCUT2D eigenvalue weighted by molar-refractivity contribution is 6.45. The van der Waals surface area contributed by atoms with Gasteiger partial charge in [0.05, 0.1) is 0 Å². The quantitative estimate of drug-likeness (QED) is 0.524. The van der Waals surface area contributed by atoms with Gasteiger partial charge in [-0.3, -0.25) is 14.5 Å². The first-order valence-corrected chi connectivity index (χ1v) is 9.15. The number of aryl methyl sites for hydroxylation is 2. The number of nitrogens with one attached hydrogen (secondary N) is 1. The van der Waals surface area contributed by atoms with E-state index in [1.54, 1.807) is 36.4 Å². The van der Waals surface area contributed by atoms with Crippen LogP contribution in [-0.4, -0.2) is 11.8 Å². The number of hydrogen-bond donors (Lipinski definition) is 2. The van der Waals surface area contributed by atoms with Gasteiger partial charge in [-0.25, -0.2) is 0 Å². The van der Waals surface area contributed by atoms with Gasteiger partial charge in [-0.1, -0.05) is 43.3 Å². The van der Waals surface area contributed by atoms with E-state index < -0.39 is 11.8 Å². The zero-order valence-electron chi connectivity index (χ0n) is 16.0. The molecule has 0 aliphatic heterocycles. The smallest absolute Gasteiger partial charge is 0.321 e. The molecule has 0 saturated heterocycles.